The summed E-state index contributed by atoms with van der Waals surface area (Å²) in [5.41, 5.74) is 7.33. The van der Waals surface area contributed by atoms with E-state index in [4.69, 9.17) is 31.2 Å². The van der Waals surface area contributed by atoms with Crippen LogP contribution in [0.25, 0.3) is 0 Å². The van der Waals surface area contributed by atoms with Crippen molar-refractivity contribution in [1.82, 2.24) is 5.43 Å². The van der Waals surface area contributed by atoms with E-state index in [-0.39, 0.29) is 12.4 Å². The summed E-state index contributed by atoms with van der Waals surface area (Å²) in [6, 6.07) is 40.3. The Balaban J connectivity index is 1.19. The molecule has 46 heavy (non-hydrogen) atoms. The van der Waals surface area contributed by atoms with E-state index in [1.165, 1.54) is 7.11 Å². The number of methoxy groups -OCH3 is 1. The Kier molecular flexibility index (Phi) is 11.3. The number of nitrogens with zero attached hydrogens (tertiary/aromatic N) is 1. The van der Waals surface area contributed by atoms with Gasteiger partial charge in [0.15, 0.2) is 5.11 Å². The van der Waals surface area contributed by atoms with E-state index in [2.05, 4.69) is 15.8 Å². The molecule has 8 nitrogen and oxygen atoms in total. The fourth-order valence-electron chi connectivity index (χ4n) is 4.33. The second-order valence-corrected chi connectivity index (χ2v) is 10.5. The fourth-order valence-corrected chi connectivity index (χ4v) is 4.50. The summed E-state index contributed by atoms with van der Waals surface area (Å²) in [5, 5.41) is 7.75. The van der Waals surface area contributed by atoms with Crippen molar-refractivity contribution in [2.45, 2.75) is 19.6 Å². The molecule has 232 valence electrons. The molecule has 0 aliphatic heterocycles. The van der Waals surface area contributed by atoms with Crippen molar-refractivity contribution < 1.29 is 23.7 Å². The molecule has 0 aliphatic carbocycles. The minimum absolute atomic E-state index is 0.208. The lowest BCUT2D eigenvalue weighted by atomic mass is 10.1. The first-order chi connectivity index (χ1) is 22.5. The van der Waals surface area contributed by atoms with Gasteiger partial charge in [0.1, 0.15) is 36.2 Å². The van der Waals surface area contributed by atoms with Gasteiger partial charge in [0.2, 0.25) is 0 Å². The van der Waals surface area contributed by atoms with Crippen LogP contribution < -0.4 is 25.0 Å². The second-order valence-electron chi connectivity index (χ2n) is 10.1. The molecule has 9 heteroatoms. The number of carbonyl (C=O) groups is 1. The van der Waals surface area contributed by atoms with Crippen LogP contribution in [0.15, 0.2) is 132 Å². The average molecular weight is 632 g/mol. The summed E-state index contributed by atoms with van der Waals surface area (Å²) >= 11 is 5.46. The lowest BCUT2D eigenvalue weighted by Crippen LogP contribution is -2.23. The van der Waals surface area contributed by atoms with E-state index in [9.17, 15) is 4.79 Å². The molecule has 5 rings (SSSR count). The zero-order valence-electron chi connectivity index (χ0n) is 25.2. The Morgan fingerprint density at radius 3 is 1.93 bits per heavy atom. The molecule has 0 radical (unpaired) electrons. The van der Waals surface area contributed by atoms with Crippen molar-refractivity contribution in [3.8, 4) is 23.0 Å². The van der Waals surface area contributed by atoms with Crippen LogP contribution in [0.2, 0.25) is 0 Å². The van der Waals surface area contributed by atoms with Crippen LogP contribution in [-0.2, 0) is 29.2 Å². The zero-order valence-corrected chi connectivity index (χ0v) is 26.0. The van der Waals surface area contributed by atoms with Gasteiger partial charge in [-0.15, -0.1) is 0 Å². The first-order valence-corrected chi connectivity index (χ1v) is 15.0. The van der Waals surface area contributed by atoms with Crippen molar-refractivity contribution in [3.63, 3.8) is 0 Å². The van der Waals surface area contributed by atoms with Crippen LogP contribution in [0.5, 0.6) is 23.0 Å². The first kappa shape index (κ1) is 31.7. The fraction of sp³-hybridized carbons (Fsp3) is 0.108. The average Bonchev–Trinajstić information content (AvgIpc) is 3.08. The number of carbonyl (C=O) groups excluding carboxylic acids is 1. The van der Waals surface area contributed by atoms with E-state index in [0.717, 1.165) is 27.9 Å². The minimum atomic E-state index is -0.291. The smallest absolute Gasteiger partial charge is 0.309 e. The molecule has 0 fully saturated rings. The van der Waals surface area contributed by atoms with E-state index in [1.54, 1.807) is 18.3 Å². The molecule has 0 atom stereocenters. The van der Waals surface area contributed by atoms with Gasteiger partial charge < -0.3 is 24.3 Å². The highest BCUT2D eigenvalue weighted by atomic mass is 32.1. The lowest BCUT2D eigenvalue weighted by molar-refractivity contribution is -0.139. The Morgan fingerprint density at radius 1 is 0.696 bits per heavy atom. The van der Waals surface area contributed by atoms with E-state index < -0.39 is 0 Å². The third-order valence-corrected chi connectivity index (χ3v) is 6.80. The summed E-state index contributed by atoms with van der Waals surface area (Å²) in [4.78, 5) is 11.5. The third kappa shape index (κ3) is 10.2. The van der Waals surface area contributed by atoms with Crippen molar-refractivity contribution in [2.24, 2.45) is 5.10 Å². The summed E-state index contributed by atoms with van der Waals surface area (Å²) in [6.07, 6.45) is 1.86. The lowest BCUT2D eigenvalue weighted by Gasteiger charge is -2.12. The highest BCUT2D eigenvalue weighted by Gasteiger charge is 2.07. The monoisotopic (exact) mass is 631 g/mol. The number of hydrazone groups is 1. The minimum Gasteiger partial charge on any atom is -0.489 e. The van der Waals surface area contributed by atoms with Crippen molar-refractivity contribution in [2.75, 3.05) is 12.4 Å². The summed E-state index contributed by atoms with van der Waals surface area (Å²) < 4.78 is 22.8. The zero-order chi connectivity index (χ0) is 32.0. The van der Waals surface area contributed by atoms with Gasteiger partial charge in [0, 0.05) is 23.4 Å². The quantitative estimate of drug-likeness (QED) is 0.0592. The molecule has 2 N–H and O–H groups in total. The van der Waals surface area contributed by atoms with Gasteiger partial charge >= 0.3 is 5.97 Å². The predicted molar refractivity (Wildman–Crippen MR) is 184 cm³/mol. The number of nitrogens with one attached hydrogen (secondary N) is 2. The number of thiocarbonyl (C=S) groups is 1. The topological polar surface area (TPSA) is 90.4 Å². The Hall–Kier alpha value is -5.67. The third-order valence-electron chi connectivity index (χ3n) is 6.61. The van der Waals surface area contributed by atoms with Crippen LogP contribution in [0, 0.1) is 0 Å². The van der Waals surface area contributed by atoms with E-state index in [0.29, 0.717) is 41.3 Å². The van der Waals surface area contributed by atoms with Crippen molar-refractivity contribution >= 4 is 35.2 Å². The normalized spacial score (nSPS) is 10.6. The van der Waals surface area contributed by atoms with Gasteiger partial charge in [-0.3, -0.25) is 10.2 Å². The molecule has 0 unspecified atom stereocenters. The summed E-state index contributed by atoms with van der Waals surface area (Å²) in [7, 11) is 1.37. The molecule has 0 aliphatic rings. The largest absolute Gasteiger partial charge is 0.489 e. The van der Waals surface area contributed by atoms with E-state index >= 15 is 0 Å². The van der Waals surface area contributed by atoms with Crippen molar-refractivity contribution in [3.05, 3.63) is 150 Å². The van der Waals surface area contributed by atoms with Gasteiger partial charge in [-0.05, 0) is 65.3 Å². The Morgan fingerprint density at radius 2 is 1.33 bits per heavy atom. The molecule has 0 bridgehead atoms. The Labute approximate surface area is 273 Å². The maximum absolute atomic E-state index is 11.5. The summed E-state index contributed by atoms with van der Waals surface area (Å²) in [6.45, 7) is 0.852. The van der Waals surface area contributed by atoms with E-state index in [1.807, 2.05) is 115 Å². The van der Waals surface area contributed by atoms with Crippen LogP contribution in [0.4, 0.5) is 5.69 Å². The maximum atomic E-state index is 11.5. The standard InChI is InChI=1S/C37H33N3O5S/c1-42-36(41)21-27-15-17-32(18-16-27)45-33-14-8-13-31(22-33)39-37(46)40-38-24-30-19-34(43-25-28-9-4-2-5-10-28)23-35(20-30)44-26-29-11-6-3-7-12-29/h2-20,22-24H,21,25-26H2,1H3,(H2,39,40,46)/b38-24+. The highest BCUT2D eigenvalue weighted by molar-refractivity contribution is 7.80. The van der Waals surface area contributed by atoms with Crippen LogP contribution in [0.3, 0.4) is 0 Å². The van der Waals surface area contributed by atoms with Crippen LogP contribution >= 0.6 is 12.2 Å². The maximum Gasteiger partial charge on any atom is 0.309 e. The molecule has 0 saturated heterocycles. The number of esters is 1. The van der Waals surface area contributed by atoms with Gasteiger partial charge in [-0.2, -0.15) is 5.10 Å². The Bertz CT molecular complexity index is 1700. The SMILES string of the molecule is COC(=O)Cc1ccc(Oc2cccc(NC(=S)N/N=C/c3cc(OCc4ccccc4)cc(OCc4ccccc4)c3)c2)cc1. The molecule has 5 aromatic carbocycles. The molecule has 5 aromatic rings. The summed E-state index contributed by atoms with van der Waals surface area (Å²) in [5.74, 6) is 2.28. The number of ether oxygens (including phenoxy) is 4. The molecule has 0 heterocycles. The number of hydrogen-bond donors (Lipinski definition) is 2. The second kappa shape index (κ2) is 16.4. The number of hydrogen-bond acceptors (Lipinski definition) is 7. The van der Waals surface area contributed by atoms with Crippen LogP contribution in [-0.4, -0.2) is 24.4 Å². The van der Waals surface area contributed by atoms with Gasteiger partial charge in [-0.25, -0.2) is 0 Å². The van der Waals surface area contributed by atoms with Crippen molar-refractivity contribution in [1.29, 1.82) is 0 Å². The molecule has 0 saturated carbocycles. The number of rotatable bonds is 13. The highest BCUT2D eigenvalue weighted by Crippen LogP contribution is 2.26. The molecule has 0 aromatic heterocycles. The van der Waals surface area contributed by atoms with Gasteiger partial charge in [0.25, 0.3) is 0 Å². The number of benzene rings is 5. The molecule has 0 amide bonds. The van der Waals surface area contributed by atoms with Gasteiger partial charge in [-0.1, -0.05) is 78.9 Å². The van der Waals surface area contributed by atoms with Gasteiger partial charge in [0.05, 0.1) is 19.7 Å². The van der Waals surface area contributed by atoms with Crippen LogP contribution in [0.1, 0.15) is 22.3 Å². The number of anilines is 1. The molecule has 0 spiro atoms. The first-order valence-electron chi connectivity index (χ1n) is 14.5. The molecular weight excluding hydrogens is 598 g/mol. The molecular formula is C37H33N3O5S. The predicted octanol–water partition coefficient (Wildman–Crippen LogP) is 7.67.